The number of Topliss-reactive ketones (excluding diaryl/α,β-unsaturated/α-hetero) is 1. The summed E-state index contributed by atoms with van der Waals surface area (Å²) in [4.78, 5) is 13.1. The van der Waals surface area contributed by atoms with E-state index in [-0.39, 0.29) is 29.8 Å². The number of hydrogen-bond donors (Lipinski definition) is 0. The molecular weight excluding hydrogens is 590 g/mol. The number of carbonyl (C=O) groups excluding carboxylic acids is 1. The van der Waals surface area contributed by atoms with Crippen LogP contribution in [-0.2, 0) is 15.6 Å². The Balaban J connectivity index is 2.20. The van der Waals surface area contributed by atoms with Crippen LogP contribution in [0, 0.1) is 6.92 Å². The van der Waals surface area contributed by atoms with Crippen molar-refractivity contribution in [1.82, 2.24) is 0 Å². The van der Waals surface area contributed by atoms with E-state index in [2.05, 4.69) is 0 Å². The van der Waals surface area contributed by atoms with E-state index >= 15 is 0 Å². The first-order valence-corrected chi connectivity index (χ1v) is 12.9. The van der Waals surface area contributed by atoms with Crippen molar-refractivity contribution in [2.24, 2.45) is 0 Å². The fraction of sp³-hybridized carbons (Fsp3) is 0.0870. The summed E-state index contributed by atoms with van der Waals surface area (Å²) in [5.41, 5.74) is 2.17. The quantitative estimate of drug-likeness (QED) is 0.166. The molecular formula is C23H16Cl3IO3S. The molecule has 3 aromatic carbocycles. The van der Waals surface area contributed by atoms with Crippen LogP contribution < -0.4 is 0 Å². The number of benzene rings is 3. The molecule has 0 saturated heterocycles. The average molecular weight is 606 g/mol. The first-order chi connectivity index (χ1) is 14.6. The molecule has 160 valence electrons. The Labute approximate surface area is 210 Å². The Hall–Kier alpha value is -1.38. The number of rotatable bonds is 6. The lowest BCUT2D eigenvalue weighted by atomic mass is 10.1. The van der Waals surface area contributed by atoms with Gasteiger partial charge in [0.25, 0.3) is 0 Å². The third kappa shape index (κ3) is 5.71. The van der Waals surface area contributed by atoms with Crippen molar-refractivity contribution >= 4 is 76.6 Å². The van der Waals surface area contributed by atoms with Crippen molar-refractivity contribution in [3.8, 4) is 0 Å². The predicted octanol–water partition coefficient (Wildman–Crippen LogP) is 7.56. The Morgan fingerprint density at radius 3 is 2.13 bits per heavy atom. The third-order valence-corrected chi connectivity index (χ3v) is 8.77. The minimum Gasteiger partial charge on any atom is -0.288 e. The number of halogens is 4. The van der Waals surface area contributed by atoms with Crippen LogP contribution in [0.5, 0.6) is 0 Å². The molecule has 0 bridgehead atoms. The lowest BCUT2D eigenvalue weighted by molar-refractivity contribution is 0.104. The fourth-order valence-corrected chi connectivity index (χ4v) is 6.82. The number of sulfone groups is 1. The minimum absolute atomic E-state index is 0.181. The van der Waals surface area contributed by atoms with Gasteiger partial charge < -0.3 is 0 Å². The monoisotopic (exact) mass is 604 g/mol. The summed E-state index contributed by atoms with van der Waals surface area (Å²) in [6.07, 6.45) is 0. The first-order valence-electron chi connectivity index (χ1n) is 9.03. The summed E-state index contributed by atoms with van der Waals surface area (Å²) in [6, 6.07) is 18.1. The van der Waals surface area contributed by atoms with Gasteiger partial charge in [0.05, 0.1) is 15.8 Å². The minimum atomic E-state index is -4.03. The summed E-state index contributed by atoms with van der Waals surface area (Å²) in [6.45, 7) is 1.91. The van der Waals surface area contributed by atoms with Gasteiger partial charge in [-0.05, 0) is 65.4 Å². The molecule has 0 aliphatic heterocycles. The van der Waals surface area contributed by atoms with Crippen LogP contribution in [0.2, 0.25) is 15.1 Å². The molecule has 0 unspecified atom stereocenters. The topological polar surface area (TPSA) is 51.2 Å². The Kier molecular flexibility index (Phi) is 7.86. The zero-order valence-corrected chi connectivity index (χ0v) is 21.4. The fourth-order valence-electron chi connectivity index (χ4n) is 2.88. The third-order valence-electron chi connectivity index (χ3n) is 4.49. The second-order valence-electron chi connectivity index (χ2n) is 6.83. The maximum Gasteiger partial charge on any atom is 0.205 e. The van der Waals surface area contributed by atoms with E-state index in [1.807, 2.05) is 41.6 Å². The van der Waals surface area contributed by atoms with Crippen LogP contribution in [-0.4, -0.2) is 14.2 Å². The second kappa shape index (κ2) is 10.0. The van der Waals surface area contributed by atoms with Crippen LogP contribution in [0.25, 0.3) is 3.58 Å². The van der Waals surface area contributed by atoms with Gasteiger partial charge in [-0.3, -0.25) is 4.79 Å². The molecule has 0 amide bonds. The van der Waals surface area contributed by atoms with Gasteiger partial charge in [-0.2, -0.15) is 0 Å². The van der Waals surface area contributed by atoms with Crippen LogP contribution in [0.3, 0.4) is 0 Å². The van der Waals surface area contributed by atoms with Gasteiger partial charge in [0.15, 0.2) is 9.84 Å². The predicted molar refractivity (Wildman–Crippen MR) is 137 cm³/mol. The van der Waals surface area contributed by atoms with Gasteiger partial charge >= 0.3 is 0 Å². The van der Waals surface area contributed by atoms with E-state index in [0.29, 0.717) is 16.1 Å². The van der Waals surface area contributed by atoms with E-state index in [9.17, 15) is 13.2 Å². The van der Waals surface area contributed by atoms with E-state index < -0.39 is 15.6 Å². The maximum absolute atomic E-state index is 13.5. The molecule has 3 aromatic rings. The molecule has 0 fully saturated rings. The first kappa shape index (κ1) is 24.3. The summed E-state index contributed by atoms with van der Waals surface area (Å²) in [7, 11) is -4.03. The molecule has 3 nitrogen and oxygen atoms in total. The van der Waals surface area contributed by atoms with Crippen molar-refractivity contribution in [3.05, 3.63) is 109 Å². The molecule has 0 aliphatic rings. The van der Waals surface area contributed by atoms with Gasteiger partial charge in [-0.1, -0.05) is 76.8 Å². The molecule has 0 radical (unpaired) electrons. The smallest absolute Gasteiger partial charge is 0.205 e. The normalized spacial score (nSPS) is 12.4. The van der Waals surface area contributed by atoms with Gasteiger partial charge in [-0.25, -0.2) is 8.42 Å². The number of aryl methyl sites for hydroxylation is 1. The molecule has 31 heavy (non-hydrogen) atoms. The van der Waals surface area contributed by atoms with Gasteiger partial charge in [0, 0.05) is 19.7 Å². The lowest BCUT2D eigenvalue weighted by Gasteiger charge is -2.14. The molecule has 0 saturated carbocycles. The SMILES string of the molecule is Cc1ccc(CS(=O)(=O)C(C(=O)c2ccc(Cl)cc2)=C(I)c2cccc(Cl)c2Cl)cc1. The Morgan fingerprint density at radius 2 is 1.52 bits per heavy atom. The van der Waals surface area contributed by atoms with E-state index in [0.717, 1.165) is 5.56 Å². The molecule has 0 N–H and O–H groups in total. The Morgan fingerprint density at radius 1 is 0.903 bits per heavy atom. The van der Waals surface area contributed by atoms with Crippen molar-refractivity contribution in [2.45, 2.75) is 12.7 Å². The molecule has 8 heteroatoms. The summed E-state index contributed by atoms with van der Waals surface area (Å²) in [5, 5.41) is 0.889. The zero-order chi connectivity index (χ0) is 22.8. The zero-order valence-electron chi connectivity index (χ0n) is 16.2. The van der Waals surface area contributed by atoms with E-state index in [4.69, 9.17) is 34.8 Å². The second-order valence-corrected chi connectivity index (χ2v) is 11.1. The number of allylic oxidation sites excluding steroid dienone is 1. The van der Waals surface area contributed by atoms with Gasteiger partial charge in [0.1, 0.15) is 4.91 Å². The van der Waals surface area contributed by atoms with Crippen LogP contribution in [0.4, 0.5) is 0 Å². The van der Waals surface area contributed by atoms with Gasteiger partial charge in [-0.15, -0.1) is 0 Å². The summed E-state index contributed by atoms with van der Waals surface area (Å²) in [5.74, 6) is -0.962. The molecule has 3 rings (SSSR count). The molecule has 0 atom stereocenters. The molecule has 0 spiro atoms. The van der Waals surface area contributed by atoms with Crippen molar-refractivity contribution < 1.29 is 13.2 Å². The average Bonchev–Trinajstić information content (AvgIpc) is 2.72. The lowest BCUT2D eigenvalue weighted by Crippen LogP contribution is -2.17. The van der Waals surface area contributed by atoms with E-state index in [1.54, 1.807) is 30.3 Å². The molecule has 0 aromatic heterocycles. The van der Waals surface area contributed by atoms with Crippen LogP contribution in [0.15, 0.2) is 71.6 Å². The van der Waals surface area contributed by atoms with Crippen molar-refractivity contribution in [2.75, 3.05) is 0 Å². The Bertz CT molecular complexity index is 1270. The molecule has 0 heterocycles. The largest absolute Gasteiger partial charge is 0.288 e. The summed E-state index contributed by atoms with van der Waals surface area (Å²) >= 11 is 20.2. The highest BCUT2D eigenvalue weighted by Crippen LogP contribution is 2.38. The highest BCUT2D eigenvalue weighted by atomic mass is 127. The van der Waals surface area contributed by atoms with Gasteiger partial charge in [0.2, 0.25) is 5.78 Å². The molecule has 0 aliphatic carbocycles. The van der Waals surface area contributed by atoms with Crippen molar-refractivity contribution in [3.63, 3.8) is 0 Å². The highest BCUT2D eigenvalue weighted by molar-refractivity contribution is 14.1. The maximum atomic E-state index is 13.5. The van der Waals surface area contributed by atoms with Crippen LogP contribution >= 0.6 is 57.4 Å². The number of hydrogen-bond acceptors (Lipinski definition) is 3. The van der Waals surface area contributed by atoms with Crippen molar-refractivity contribution in [1.29, 1.82) is 0 Å². The van der Waals surface area contributed by atoms with E-state index in [1.165, 1.54) is 24.3 Å². The number of ketones is 1. The summed E-state index contributed by atoms with van der Waals surface area (Å²) < 4.78 is 27.2. The van der Waals surface area contributed by atoms with Crippen LogP contribution in [0.1, 0.15) is 27.0 Å². The number of carbonyl (C=O) groups is 1. The standard InChI is InChI=1S/C23H16Cl3IO3S/c1-14-5-7-15(8-6-14)13-31(29,30)23(22(28)16-9-11-17(24)12-10-16)21(27)18-3-2-4-19(25)20(18)26/h2-12H,13H2,1H3. The highest BCUT2D eigenvalue weighted by Gasteiger charge is 2.31.